The van der Waals surface area contributed by atoms with E-state index in [1.165, 1.54) is 0 Å². The SMILES string of the molecule is O=C1C2=C(C(=O)N1C1CC1)C1CCC2C1. The Morgan fingerprint density at radius 1 is 0.867 bits per heavy atom. The van der Waals surface area contributed by atoms with E-state index in [-0.39, 0.29) is 17.9 Å². The third-order valence-electron chi connectivity index (χ3n) is 4.35. The van der Waals surface area contributed by atoms with Crippen molar-refractivity contribution in [1.82, 2.24) is 4.90 Å². The molecule has 0 spiro atoms. The van der Waals surface area contributed by atoms with Crippen LogP contribution >= 0.6 is 0 Å². The summed E-state index contributed by atoms with van der Waals surface area (Å²) < 4.78 is 0. The Bertz CT molecular complexity index is 387. The minimum atomic E-state index is 0.0599. The molecule has 1 heterocycles. The fraction of sp³-hybridized carbons (Fsp3) is 0.667. The molecule has 4 rings (SSSR count). The summed E-state index contributed by atoms with van der Waals surface area (Å²) in [5.74, 6) is 0.963. The van der Waals surface area contributed by atoms with E-state index in [4.69, 9.17) is 0 Å². The molecule has 2 amide bonds. The van der Waals surface area contributed by atoms with E-state index in [1.807, 2.05) is 0 Å². The first-order chi connectivity index (χ1) is 7.27. The summed E-state index contributed by atoms with van der Waals surface area (Å²) in [4.78, 5) is 25.8. The molecule has 2 bridgehead atoms. The van der Waals surface area contributed by atoms with Crippen molar-refractivity contribution < 1.29 is 9.59 Å². The lowest BCUT2D eigenvalue weighted by atomic mass is 9.93. The van der Waals surface area contributed by atoms with Gasteiger partial charge in [0.05, 0.1) is 0 Å². The molecule has 3 aliphatic carbocycles. The third-order valence-corrected chi connectivity index (χ3v) is 4.35. The van der Waals surface area contributed by atoms with Gasteiger partial charge in [-0.1, -0.05) is 0 Å². The Labute approximate surface area is 88.1 Å². The lowest BCUT2D eigenvalue weighted by molar-refractivity contribution is -0.138. The van der Waals surface area contributed by atoms with Crippen LogP contribution in [0.1, 0.15) is 32.1 Å². The largest absolute Gasteiger partial charge is 0.272 e. The number of amides is 2. The highest BCUT2D eigenvalue weighted by Gasteiger charge is 2.54. The van der Waals surface area contributed by atoms with Gasteiger partial charge in [-0.15, -0.1) is 0 Å². The van der Waals surface area contributed by atoms with Crippen LogP contribution in [0.2, 0.25) is 0 Å². The fourth-order valence-corrected chi connectivity index (χ4v) is 3.54. The number of fused-ring (bicyclic) bond motifs is 4. The van der Waals surface area contributed by atoms with Gasteiger partial charge in [-0.3, -0.25) is 14.5 Å². The van der Waals surface area contributed by atoms with Crippen LogP contribution in [0, 0.1) is 11.8 Å². The summed E-state index contributed by atoms with van der Waals surface area (Å²) in [5, 5.41) is 0. The molecule has 0 aromatic rings. The summed E-state index contributed by atoms with van der Waals surface area (Å²) in [5.41, 5.74) is 1.81. The van der Waals surface area contributed by atoms with Crippen LogP contribution < -0.4 is 0 Å². The summed E-state index contributed by atoms with van der Waals surface area (Å²) in [6, 6.07) is 0.245. The quantitative estimate of drug-likeness (QED) is 0.601. The molecule has 0 aromatic heterocycles. The lowest BCUT2D eigenvalue weighted by Crippen LogP contribution is -2.35. The molecule has 4 aliphatic rings. The number of carbonyl (C=O) groups excluding carboxylic acids is 2. The summed E-state index contributed by atoms with van der Waals surface area (Å²) in [6.45, 7) is 0. The van der Waals surface area contributed by atoms with Gasteiger partial charge in [0.1, 0.15) is 0 Å². The average Bonchev–Trinajstić information content (AvgIpc) is 2.75. The zero-order chi connectivity index (χ0) is 10.2. The Hall–Kier alpha value is -1.12. The molecule has 0 radical (unpaired) electrons. The average molecular weight is 203 g/mol. The summed E-state index contributed by atoms with van der Waals surface area (Å²) >= 11 is 0. The number of carbonyl (C=O) groups is 2. The molecule has 0 aromatic carbocycles. The molecule has 2 atom stereocenters. The molecule has 3 heteroatoms. The van der Waals surface area contributed by atoms with E-state index in [1.54, 1.807) is 4.90 Å². The van der Waals surface area contributed by atoms with Gasteiger partial charge in [0.15, 0.2) is 0 Å². The molecule has 3 nitrogen and oxygen atoms in total. The topological polar surface area (TPSA) is 37.4 Å². The van der Waals surface area contributed by atoms with E-state index >= 15 is 0 Å². The first kappa shape index (κ1) is 8.08. The molecular weight excluding hydrogens is 190 g/mol. The number of hydrogen-bond acceptors (Lipinski definition) is 2. The van der Waals surface area contributed by atoms with E-state index < -0.39 is 0 Å². The Morgan fingerprint density at radius 3 is 1.87 bits per heavy atom. The molecule has 2 unspecified atom stereocenters. The maximum Gasteiger partial charge on any atom is 0.257 e. The second-order valence-corrected chi connectivity index (χ2v) is 5.25. The van der Waals surface area contributed by atoms with Crippen molar-refractivity contribution in [3.8, 4) is 0 Å². The highest BCUT2D eigenvalue weighted by Crippen LogP contribution is 2.53. The second-order valence-electron chi connectivity index (χ2n) is 5.25. The minimum Gasteiger partial charge on any atom is -0.272 e. The number of rotatable bonds is 1. The number of imide groups is 1. The third kappa shape index (κ3) is 0.829. The standard InChI is InChI=1S/C12H13NO2/c14-11-9-6-1-2-7(5-6)10(9)12(15)13(11)8-3-4-8/h6-8H,1-5H2. The van der Waals surface area contributed by atoms with Gasteiger partial charge >= 0.3 is 0 Å². The molecular formula is C12H13NO2. The Balaban J connectivity index is 1.80. The van der Waals surface area contributed by atoms with Crippen LogP contribution in [-0.2, 0) is 9.59 Å². The zero-order valence-electron chi connectivity index (χ0n) is 8.53. The minimum absolute atomic E-state index is 0.0599. The maximum atomic E-state index is 12.1. The molecule has 15 heavy (non-hydrogen) atoms. The number of hydrogen-bond donors (Lipinski definition) is 0. The Kier molecular flexibility index (Phi) is 1.26. The van der Waals surface area contributed by atoms with Crippen LogP contribution in [-0.4, -0.2) is 22.8 Å². The maximum absolute atomic E-state index is 12.1. The van der Waals surface area contributed by atoms with Crippen molar-refractivity contribution in [2.45, 2.75) is 38.1 Å². The molecule has 0 saturated heterocycles. The highest BCUT2D eigenvalue weighted by molar-refractivity contribution is 6.21. The van der Waals surface area contributed by atoms with E-state index in [2.05, 4.69) is 0 Å². The van der Waals surface area contributed by atoms with Gasteiger partial charge in [0.25, 0.3) is 11.8 Å². The molecule has 2 fully saturated rings. The zero-order valence-corrected chi connectivity index (χ0v) is 8.53. The molecule has 2 saturated carbocycles. The van der Waals surface area contributed by atoms with Crippen LogP contribution in [0.5, 0.6) is 0 Å². The fourth-order valence-electron chi connectivity index (χ4n) is 3.54. The van der Waals surface area contributed by atoms with Crippen LogP contribution in [0.4, 0.5) is 0 Å². The van der Waals surface area contributed by atoms with Gasteiger partial charge in [-0.25, -0.2) is 0 Å². The summed E-state index contributed by atoms with van der Waals surface area (Å²) in [7, 11) is 0. The van der Waals surface area contributed by atoms with Gasteiger partial charge in [0, 0.05) is 17.2 Å². The monoisotopic (exact) mass is 203 g/mol. The van der Waals surface area contributed by atoms with Gasteiger partial charge in [0.2, 0.25) is 0 Å². The smallest absolute Gasteiger partial charge is 0.257 e. The Morgan fingerprint density at radius 2 is 1.40 bits per heavy atom. The highest BCUT2D eigenvalue weighted by atomic mass is 16.2. The van der Waals surface area contributed by atoms with Gasteiger partial charge in [-0.2, -0.15) is 0 Å². The van der Waals surface area contributed by atoms with Crippen molar-refractivity contribution >= 4 is 11.8 Å². The van der Waals surface area contributed by atoms with E-state index in [0.717, 1.165) is 43.3 Å². The van der Waals surface area contributed by atoms with Gasteiger partial charge in [-0.05, 0) is 43.9 Å². The van der Waals surface area contributed by atoms with E-state index in [9.17, 15) is 9.59 Å². The summed E-state index contributed by atoms with van der Waals surface area (Å²) in [6.07, 6.45) is 5.36. The predicted octanol–water partition coefficient (Wildman–Crippen LogP) is 1.24. The van der Waals surface area contributed by atoms with Crippen molar-refractivity contribution in [2.24, 2.45) is 11.8 Å². The van der Waals surface area contributed by atoms with Gasteiger partial charge < -0.3 is 0 Å². The van der Waals surface area contributed by atoms with Crippen LogP contribution in [0.3, 0.4) is 0 Å². The van der Waals surface area contributed by atoms with Crippen molar-refractivity contribution in [3.63, 3.8) is 0 Å². The van der Waals surface area contributed by atoms with Crippen molar-refractivity contribution in [1.29, 1.82) is 0 Å². The van der Waals surface area contributed by atoms with Crippen LogP contribution in [0.15, 0.2) is 11.1 Å². The predicted molar refractivity (Wildman–Crippen MR) is 52.7 cm³/mol. The first-order valence-electron chi connectivity index (χ1n) is 5.89. The van der Waals surface area contributed by atoms with E-state index in [0.29, 0.717) is 11.8 Å². The first-order valence-corrected chi connectivity index (χ1v) is 5.89. The normalized spacial score (nSPS) is 38.3. The lowest BCUT2D eigenvalue weighted by Gasteiger charge is -2.16. The number of likely N-dealkylation sites (tertiary alicyclic amines) is 1. The second kappa shape index (κ2) is 2.34. The molecule has 78 valence electrons. The molecule has 0 N–H and O–H groups in total. The van der Waals surface area contributed by atoms with Crippen molar-refractivity contribution in [2.75, 3.05) is 0 Å². The van der Waals surface area contributed by atoms with Crippen molar-refractivity contribution in [3.05, 3.63) is 11.1 Å². The molecule has 1 aliphatic heterocycles. The van der Waals surface area contributed by atoms with Crippen LogP contribution in [0.25, 0.3) is 0 Å². The number of nitrogens with zero attached hydrogens (tertiary/aromatic N) is 1.